The van der Waals surface area contributed by atoms with Crippen LogP contribution in [0.2, 0.25) is 0 Å². The van der Waals surface area contributed by atoms with Gasteiger partial charge in [0, 0.05) is 47.0 Å². The van der Waals surface area contributed by atoms with E-state index in [0.717, 1.165) is 59.7 Å². The van der Waals surface area contributed by atoms with Gasteiger partial charge in [-0.1, -0.05) is 25.1 Å². The lowest BCUT2D eigenvalue weighted by Crippen LogP contribution is -2.17. The number of fused-ring (bicyclic) bond motifs is 1. The number of rotatable bonds is 12. The summed E-state index contributed by atoms with van der Waals surface area (Å²) in [5, 5.41) is 10.4. The van der Waals surface area contributed by atoms with Crippen LogP contribution in [0.4, 0.5) is 11.4 Å². The number of thiophene rings is 1. The quantitative estimate of drug-likeness (QED) is 0.222. The first-order chi connectivity index (χ1) is 16.7. The molecule has 178 valence electrons. The Bertz CT molecular complexity index is 1210. The molecule has 0 radical (unpaired) electrons. The van der Waals surface area contributed by atoms with Gasteiger partial charge in [-0.05, 0) is 67.5 Å². The molecular formula is C28H33N3O2S. The first-order valence-corrected chi connectivity index (χ1v) is 12.9. The zero-order valence-corrected chi connectivity index (χ0v) is 21.0. The fourth-order valence-corrected chi connectivity index (χ4v) is 4.88. The average Bonchev–Trinajstić information content (AvgIpc) is 3.37. The highest BCUT2D eigenvalue weighted by Gasteiger charge is 2.13. The van der Waals surface area contributed by atoms with E-state index in [4.69, 9.17) is 9.47 Å². The van der Waals surface area contributed by atoms with Crippen LogP contribution in [0.3, 0.4) is 0 Å². The predicted octanol–water partition coefficient (Wildman–Crippen LogP) is 6.73. The smallest absolute Gasteiger partial charge is 0.163 e. The molecule has 0 unspecified atom stereocenters. The molecule has 0 aliphatic carbocycles. The zero-order valence-electron chi connectivity index (χ0n) is 20.2. The van der Waals surface area contributed by atoms with Crippen molar-refractivity contribution >= 4 is 33.6 Å². The predicted molar refractivity (Wildman–Crippen MR) is 143 cm³/mol. The van der Waals surface area contributed by atoms with E-state index in [1.54, 1.807) is 0 Å². The van der Waals surface area contributed by atoms with E-state index in [9.17, 15) is 0 Å². The summed E-state index contributed by atoms with van der Waals surface area (Å²) >= 11 is 1.82. The molecule has 34 heavy (non-hydrogen) atoms. The van der Waals surface area contributed by atoms with E-state index in [0.29, 0.717) is 13.2 Å². The fraction of sp³-hybridized carbons (Fsp3) is 0.321. The lowest BCUT2D eigenvalue weighted by Gasteiger charge is -2.18. The second-order valence-corrected chi connectivity index (χ2v) is 9.00. The third-order valence-corrected chi connectivity index (χ3v) is 6.68. The van der Waals surface area contributed by atoms with Crippen molar-refractivity contribution in [3.63, 3.8) is 0 Å². The maximum atomic E-state index is 5.86. The minimum Gasteiger partial charge on any atom is -0.490 e. The molecule has 2 aromatic heterocycles. The van der Waals surface area contributed by atoms with Crippen molar-refractivity contribution in [3.05, 3.63) is 76.1 Å². The van der Waals surface area contributed by atoms with Gasteiger partial charge in [-0.2, -0.15) is 0 Å². The molecule has 6 heteroatoms. The molecule has 0 atom stereocenters. The van der Waals surface area contributed by atoms with E-state index >= 15 is 0 Å². The Labute approximate surface area is 206 Å². The second kappa shape index (κ2) is 11.9. The molecular weight excluding hydrogens is 442 g/mol. The van der Waals surface area contributed by atoms with E-state index < -0.39 is 0 Å². The first kappa shape index (κ1) is 24.0. The van der Waals surface area contributed by atoms with Crippen LogP contribution in [-0.4, -0.2) is 24.7 Å². The number of benzene rings is 2. The lowest BCUT2D eigenvalue weighted by molar-refractivity contribution is 0.288. The van der Waals surface area contributed by atoms with Gasteiger partial charge in [0.1, 0.15) is 0 Å². The van der Waals surface area contributed by atoms with Gasteiger partial charge in [0.2, 0.25) is 0 Å². The highest BCUT2D eigenvalue weighted by Crippen LogP contribution is 2.36. The number of anilines is 2. The largest absolute Gasteiger partial charge is 0.490 e. The molecule has 2 aromatic carbocycles. The Balaban J connectivity index is 1.57. The average molecular weight is 476 g/mol. The van der Waals surface area contributed by atoms with Crippen LogP contribution in [0.1, 0.15) is 36.8 Å². The maximum absolute atomic E-state index is 5.86. The standard InChI is InChI=1S/C28H33N3O2S/c1-4-22-20(19-29-14-12-21-10-8-16-34-21)9-7-11-24(22)31-25-13-15-30-26-18-28(33-6-3)27(32-5-2)17-23(25)26/h7-11,13,15-18,29H,4-6,12,14,19H2,1-3H3,(H,30,31). The number of ether oxygens (including phenoxy) is 2. The minimum absolute atomic E-state index is 0.579. The van der Waals surface area contributed by atoms with Crippen LogP contribution in [-0.2, 0) is 19.4 Å². The molecule has 0 fully saturated rings. The van der Waals surface area contributed by atoms with E-state index in [-0.39, 0.29) is 0 Å². The Morgan fingerprint density at radius 1 is 0.912 bits per heavy atom. The summed E-state index contributed by atoms with van der Waals surface area (Å²) < 4.78 is 11.6. The summed E-state index contributed by atoms with van der Waals surface area (Å²) in [5.41, 5.74) is 5.66. The third kappa shape index (κ3) is 5.69. The monoisotopic (exact) mass is 475 g/mol. The Morgan fingerprint density at radius 2 is 1.74 bits per heavy atom. The second-order valence-electron chi connectivity index (χ2n) is 7.97. The van der Waals surface area contributed by atoms with Gasteiger partial charge in [0.25, 0.3) is 0 Å². The molecule has 0 aliphatic heterocycles. The van der Waals surface area contributed by atoms with Crippen molar-refractivity contribution < 1.29 is 9.47 Å². The number of aromatic nitrogens is 1. The summed E-state index contributed by atoms with van der Waals surface area (Å²) in [4.78, 5) is 5.99. The molecule has 0 amide bonds. The number of pyridine rings is 1. The maximum Gasteiger partial charge on any atom is 0.163 e. The number of hydrogen-bond donors (Lipinski definition) is 2. The van der Waals surface area contributed by atoms with Crippen molar-refractivity contribution in [1.82, 2.24) is 10.3 Å². The summed E-state index contributed by atoms with van der Waals surface area (Å²) in [7, 11) is 0. The molecule has 2 heterocycles. The van der Waals surface area contributed by atoms with Gasteiger partial charge in [0.05, 0.1) is 18.7 Å². The van der Waals surface area contributed by atoms with Crippen molar-refractivity contribution in [2.75, 3.05) is 25.1 Å². The normalized spacial score (nSPS) is 11.0. The summed E-state index contributed by atoms with van der Waals surface area (Å²) in [6.45, 7) is 9.15. The number of nitrogens with one attached hydrogen (secondary N) is 2. The zero-order chi connectivity index (χ0) is 23.8. The molecule has 4 rings (SSSR count). The van der Waals surface area contributed by atoms with Crippen molar-refractivity contribution in [2.24, 2.45) is 0 Å². The van der Waals surface area contributed by atoms with Crippen LogP contribution in [0, 0.1) is 0 Å². The highest BCUT2D eigenvalue weighted by molar-refractivity contribution is 7.09. The Hall–Kier alpha value is -3.09. The van der Waals surface area contributed by atoms with Gasteiger partial charge in [-0.15, -0.1) is 11.3 Å². The topological polar surface area (TPSA) is 55.4 Å². The van der Waals surface area contributed by atoms with Crippen LogP contribution in [0.5, 0.6) is 11.5 Å². The fourth-order valence-electron chi connectivity index (χ4n) is 4.17. The summed E-state index contributed by atoms with van der Waals surface area (Å²) in [6, 6.07) is 16.8. The minimum atomic E-state index is 0.579. The first-order valence-electron chi connectivity index (χ1n) is 12.0. The molecule has 0 bridgehead atoms. The SMILES string of the molecule is CCOc1cc2nccc(Nc3cccc(CNCCc4cccs4)c3CC)c2cc1OCC. The van der Waals surface area contributed by atoms with Gasteiger partial charge in [-0.25, -0.2) is 0 Å². The molecule has 0 aliphatic rings. The summed E-state index contributed by atoms with van der Waals surface area (Å²) in [6.07, 6.45) is 3.85. The van der Waals surface area contributed by atoms with Crippen molar-refractivity contribution in [1.29, 1.82) is 0 Å². The van der Waals surface area contributed by atoms with Crippen LogP contribution in [0.25, 0.3) is 10.9 Å². The van der Waals surface area contributed by atoms with Gasteiger partial charge in [0.15, 0.2) is 11.5 Å². The van der Waals surface area contributed by atoms with Crippen LogP contribution in [0.15, 0.2) is 60.1 Å². The van der Waals surface area contributed by atoms with E-state index in [1.807, 2.05) is 49.6 Å². The Kier molecular flexibility index (Phi) is 8.39. The van der Waals surface area contributed by atoms with Crippen molar-refractivity contribution in [2.45, 2.75) is 40.2 Å². The third-order valence-electron chi connectivity index (χ3n) is 5.75. The van der Waals surface area contributed by atoms with Crippen LogP contribution >= 0.6 is 11.3 Å². The van der Waals surface area contributed by atoms with E-state index in [1.165, 1.54) is 16.0 Å². The van der Waals surface area contributed by atoms with E-state index in [2.05, 4.69) is 58.3 Å². The summed E-state index contributed by atoms with van der Waals surface area (Å²) in [5.74, 6) is 1.47. The molecule has 0 saturated heterocycles. The van der Waals surface area contributed by atoms with Gasteiger partial charge < -0.3 is 20.1 Å². The number of nitrogens with zero attached hydrogens (tertiary/aromatic N) is 1. The van der Waals surface area contributed by atoms with Crippen LogP contribution < -0.4 is 20.1 Å². The number of hydrogen-bond acceptors (Lipinski definition) is 6. The highest BCUT2D eigenvalue weighted by atomic mass is 32.1. The molecule has 4 aromatic rings. The molecule has 2 N–H and O–H groups in total. The van der Waals surface area contributed by atoms with Crippen molar-refractivity contribution in [3.8, 4) is 11.5 Å². The van der Waals surface area contributed by atoms with Gasteiger partial charge >= 0.3 is 0 Å². The Morgan fingerprint density at radius 3 is 2.47 bits per heavy atom. The molecule has 0 saturated carbocycles. The van der Waals surface area contributed by atoms with Gasteiger partial charge in [-0.3, -0.25) is 4.98 Å². The molecule has 0 spiro atoms. The molecule has 5 nitrogen and oxygen atoms in total. The lowest BCUT2D eigenvalue weighted by atomic mass is 10.0.